The van der Waals surface area contributed by atoms with Crippen LogP contribution in [0.4, 0.5) is 0 Å². The van der Waals surface area contributed by atoms with Gasteiger partial charge in [-0.1, -0.05) is 164 Å². The Balaban J connectivity index is 1.25. The summed E-state index contributed by atoms with van der Waals surface area (Å²) in [4.78, 5) is 0. The van der Waals surface area contributed by atoms with Gasteiger partial charge >= 0.3 is 0 Å². The van der Waals surface area contributed by atoms with E-state index in [4.69, 9.17) is 0 Å². The van der Waals surface area contributed by atoms with Crippen LogP contribution in [0.3, 0.4) is 0 Å². The molecule has 1 unspecified atom stereocenters. The van der Waals surface area contributed by atoms with Gasteiger partial charge in [0.25, 0.3) is 0 Å². The van der Waals surface area contributed by atoms with Gasteiger partial charge < -0.3 is 4.57 Å². The summed E-state index contributed by atoms with van der Waals surface area (Å²) < 4.78 is 15.5. The normalized spacial score (nSPS) is 12.8. The maximum absolute atomic E-state index is 15.5. The molecular weight excluding hydrogens is 551 g/mol. The van der Waals surface area contributed by atoms with E-state index in [1.54, 1.807) is 0 Å². The summed E-state index contributed by atoms with van der Waals surface area (Å²) >= 11 is 0. The smallest absolute Gasteiger partial charge is 0.171 e. The van der Waals surface area contributed by atoms with Gasteiger partial charge in [-0.15, -0.1) is 0 Å². The molecule has 0 fully saturated rings. The summed E-state index contributed by atoms with van der Waals surface area (Å²) in [5, 5.41) is 9.58. The van der Waals surface area contributed by atoms with Crippen molar-refractivity contribution in [3.05, 3.63) is 176 Å². The fourth-order valence-electron chi connectivity index (χ4n) is 6.38. The standard InChI is InChI=1S/C42H29OP/c43-44(40-27-20-31-9-2-4-12-36(31)29-40,38-23-18-32(19-24-38)37-17-16-30-8-1-3-11-35(30)28-37)39-25-21-34(22-26-39)42-15-7-13-33-10-5-6-14-41(33)42/h1-29H. The van der Waals surface area contributed by atoms with Crippen LogP contribution in [-0.2, 0) is 4.57 Å². The molecule has 208 valence electrons. The molecule has 0 saturated carbocycles. The quantitative estimate of drug-likeness (QED) is 0.185. The lowest BCUT2D eigenvalue weighted by molar-refractivity contribution is 0.592. The Morgan fingerprint density at radius 1 is 0.318 bits per heavy atom. The van der Waals surface area contributed by atoms with Crippen molar-refractivity contribution in [3.63, 3.8) is 0 Å². The third-order valence-electron chi connectivity index (χ3n) is 8.74. The number of benzene rings is 8. The highest BCUT2D eigenvalue weighted by atomic mass is 31.2. The van der Waals surface area contributed by atoms with Gasteiger partial charge in [-0.2, -0.15) is 0 Å². The zero-order valence-corrected chi connectivity index (χ0v) is 25.0. The topological polar surface area (TPSA) is 17.1 Å². The molecule has 0 heterocycles. The number of hydrogen-bond acceptors (Lipinski definition) is 1. The fraction of sp³-hybridized carbons (Fsp3) is 0. The van der Waals surface area contributed by atoms with Crippen LogP contribution in [0.5, 0.6) is 0 Å². The van der Waals surface area contributed by atoms with E-state index in [9.17, 15) is 0 Å². The first-order chi connectivity index (χ1) is 21.7. The van der Waals surface area contributed by atoms with Gasteiger partial charge in [0.05, 0.1) is 0 Å². The van der Waals surface area contributed by atoms with Crippen LogP contribution in [0.25, 0.3) is 54.6 Å². The first kappa shape index (κ1) is 26.4. The third-order valence-corrected chi connectivity index (χ3v) is 11.8. The molecule has 8 rings (SSSR count). The van der Waals surface area contributed by atoms with Crippen molar-refractivity contribution in [3.8, 4) is 22.3 Å². The molecule has 1 atom stereocenters. The molecule has 0 aromatic heterocycles. The summed E-state index contributed by atoms with van der Waals surface area (Å²) in [5.41, 5.74) is 4.54. The van der Waals surface area contributed by atoms with Gasteiger partial charge in [-0.3, -0.25) is 0 Å². The van der Waals surface area contributed by atoms with Crippen molar-refractivity contribution in [1.82, 2.24) is 0 Å². The molecule has 0 saturated heterocycles. The summed E-state index contributed by atoms with van der Waals surface area (Å²) in [6, 6.07) is 61.0. The highest BCUT2D eigenvalue weighted by Crippen LogP contribution is 2.44. The van der Waals surface area contributed by atoms with Crippen LogP contribution in [0.15, 0.2) is 176 Å². The maximum atomic E-state index is 15.5. The van der Waals surface area contributed by atoms with Crippen LogP contribution in [0.2, 0.25) is 0 Å². The van der Waals surface area contributed by atoms with Crippen LogP contribution in [0, 0.1) is 0 Å². The zero-order valence-electron chi connectivity index (χ0n) is 24.1. The largest absolute Gasteiger partial charge is 0.309 e. The lowest BCUT2D eigenvalue weighted by Crippen LogP contribution is -2.25. The molecule has 0 radical (unpaired) electrons. The van der Waals surface area contributed by atoms with E-state index in [1.807, 2.05) is 18.2 Å². The minimum atomic E-state index is -3.19. The molecule has 0 spiro atoms. The van der Waals surface area contributed by atoms with Crippen molar-refractivity contribution in [1.29, 1.82) is 0 Å². The fourth-order valence-corrected chi connectivity index (χ4v) is 9.02. The minimum Gasteiger partial charge on any atom is -0.309 e. The van der Waals surface area contributed by atoms with Gasteiger partial charge in [-0.25, -0.2) is 0 Å². The summed E-state index contributed by atoms with van der Waals surface area (Å²) in [6.07, 6.45) is 0. The van der Waals surface area contributed by atoms with Gasteiger partial charge in [-0.05, 0) is 66.7 Å². The average Bonchev–Trinajstić information content (AvgIpc) is 3.11. The van der Waals surface area contributed by atoms with E-state index in [2.05, 4.69) is 158 Å². The van der Waals surface area contributed by atoms with E-state index in [0.717, 1.165) is 43.4 Å². The average molecular weight is 581 g/mol. The highest BCUT2D eigenvalue weighted by molar-refractivity contribution is 7.85. The zero-order chi connectivity index (χ0) is 29.5. The van der Waals surface area contributed by atoms with Crippen molar-refractivity contribution >= 4 is 55.4 Å². The first-order valence-electron chi connectivity index (χ1n) is 14.9. The van der Waals surface area contributed by atoms with Crippen molar-refractivity contribution in [2.75, 3.05) is 0 Å². The molecule has 0 bridgehead atoms. The molecule has 0 aliphatic carbocycles. The number of hydrogen-bond donors (Lipinski definition) is 0. The van der Waals surface area contributed by atoms with E-state index in [1.165, 1.54) is 27.1 Å². The molecule has 8 aromatic rings. The Hall–Kier alpha value is -5.23. The Bertz CT molecular complexity index is 2350. The summed E-state index contributed by atoms with van der Waals surface area (Å²) in [6.45, 7) is 0. The monoisotopic (exact) mass is 580 g/mol. The second-order valence-corrected chi connectivity index (χ2v) is 14.1. The number of rotatable bonds is 5. The van der Waals surface area contributed by atoms with Gasteiger partial charge in [0, 0.05) is 15.9 Å². The van der Waals surface area contributed by atoms with Crippen LogP contribution in [-0.4, -0.2) is 0 Å². The summed E-state index contributed by atoms with van der Waals surface area (Å²) in [5.74, 6) is 0. The van der Waals surface area contributed by atoms with E-state index in [-0.39, 0.29) is 0 Å². The Morgan fingerprint density at radius 2 is 0.795 bits per heavy atom. The van der Waals surface area contributed by atoms with Crippen LogP contribution < -0.4 is 15.9 Å². The highest BCUT2D eigenvalue weighted by Gasteiger charge is 2.30. The maximum Gasteiger partial charge on any atom is 0.171 e. The molecule has 1 nitrogen and oxygen atoms in total. The molecule has 44 heavy (non-hydrogen) atoms. The van der Waals surface area contributed by atoms with Crippen LogP contribution in [0.1, 0.15) is 0 Å². The lowest BCUT2D eigenvalue weighted by Gasteiger charge is -2.21. The summed E-state index contributed by atoms with van der Waals surface area (Å²) in [7, 11) is -3.19. The molecular formula is C42H29OP. The predicted octanol–water partition coefficient (Wildman–Crippen LogP) is 10.1. The molecule has 0 N–H and O–H groups in total. The molecule has 0 aliphatic rings. The van der Waals surface area contributed by atoms with Gasteiger partial charge in [0.2, 0.25) is 0 Å². The Kier molecular flexibility index (Phi) is 6.48. The first-order valence-corrected chi connectivity index (χ1v) is 16.7. The van der Waals surface area contributed by atoms with Crippen molar-refractivity contribution in [2.45, 2.75) is 0 Å². The minimum absolute atomic E-state index is 0.829. The second kappa shape index (κ2) is 10.8. The number of fused-ring (bicyclic) bond motifs is 3. The predicted molar refractivity (Wildman–Crippen MR) is 189 cm³/mol. The second-order valence-electron chi connectivity index (χ2n) is 11.3. The van der Waals surface area contributed by atoms with Crippen LogP contribution >= 0.6 is 7.14 Å². The lowest BCUT2D eigenvalue weighted by atomic mass is 9.98. The third kappa shape index (κ3) is 4.54. The Morgan fingerprint density at radius 3 is 1.48 bits per heavy atom. The van der Waals surface area contributed by atoms with Gasteiger partial charge in [0.15, 0.2) is 7.14 Å². The molecule has 8 aromatic carbocycles. The van der Waals surface area contributed by atoms with E-state index < -0.39 is 7.14 Å². The molecule has 0 aliphatic heterocycles. The molecule has 0 amide bonds. The van der Waals surface area contributed by atoms with Gasteiger partial charge in [0.1, 0.15) is 0 Å². The van der Waals surface area contributed by atoms with E-state index >= 15 is 4.57 Å². The molecule has 2 heteroatoms. The van der Waals surface area contributed by atoms with Crippen molar-refractivity contribution in [2.24, 2.45) is 0 Å². The Labute approximate surface area is 257 Å². The van der Waals surface area contributed by atoms with E-state index in [0.29, 0.717) is 0 Å². The van der Waals surface area contributed by atoms with Crippen molar-refractivity contribution < 1.29 is 4.57 Å². The SMILES string of the molecule is O=P(c1ccc(-c2ccc3ccccc3c2)cc1)(c1ccc(-c2cccc3ccccc23)cc1)c1ccc2ccccc2c1.